The molecule has 3 aromatic rings. The Hall–Kier alpha value is -3.49. The number of nitrogens with zero attached hydrogens (tertiary/aromatic N) is 6. The van der Waals surface area contributed by atoms with E-state index < -0.39 is 15.6 Å². The lowest BCUT2D eigenvalue weighted by Crippen LogP contribution is -2.42. The molecule has 6 rings (SSSR count). The third-order valence-electron chi connectivity index (χ3n) is 7.50. The quantitative estimate of drug-likeness (QED) is 0.459. The van der Waals surface area contributed by atoms with E-state index in [1.165, 1.54) is 12.4 Å². The highest BCUT2D eigenvalue weighted by molar-refractivity contribution is 7.90. The number of nitrogens with one attached hydrogen (secondary N) is 1. The van der Waals surface area contributed by atoms with E-state index in [0.717, 1.165) is 41.3 Å². The molecule has 38 heavy (non-hydrogen) atoms. The number of aromatic nitrogens is 5. The van der Waals surface area contributed by atoms with Gasteiger partial charge in [0.05, 0.1) is 40.1 Å². The molecule has 0 unspecified atom stereocenters. The fourth-order valence-electron chi connectivity index (χ4n) is 4.41. The molecule has 0 bridgehead atoms. The number of aliphatic hydroxyl groups is 1. The van der Waals surface area contributed by atoms with Crippen LogP contribution in [0.15, 0.2) is 36.9 Å². The molecule has 0 radical (unpaired) electrons. The smallest absolute Gasteiger partial charge is 0.256 e. The Morgan fingerprint density at radius 1 is 1.08 bits per heavy atom. The lowest BCUT2D eigenvalue weighted by atomic mass is 9.93. The molecule has 1 saturated heterocycles. The largest absolute Gasteiger partial charge is 0.390 e. The first kappa shape index (κ1) is 24.8. The van der Waals surface area contributed by atoms with E-state index in [4.69, 9.17) is 0 Å². The van der Waals surface area contributed by atoms with Crippen molar-refractivity contribution in [3.05, 3.63) is 42.5 Å². The molecule has 3 aromatic heterocycles. The molecule has 11 heteroatoms. The van der Waals surface area contributed by atoms with Gasteiger partial charge in [-0.25, -0.2) is 23.4 Å². The van der Waals surface area contributed by atoms with Gasteiger partial charge in [0.1, 0.15) is 11.6 Å². The molecular formula is C27H31N7O3S. The summed E-state index contributed by atoms with van der Waals surface area (Å²) in [5.74, 6) is 8.26. The van der Waals surface area contributed by atoms with Crippen molar-refractivity contribution in [3.63, 3.8) is 0 Å². The average molecular weight is 534 g/mol. The molecule has 0 spiro atoms. The van der Waals surface area contributed by atoms with Gasteiger partial charge < -0.3 is 15.3 Å². The fourth-order valence-corrected chi connectivity index (χ4v) is 5.88. The summed E-state index contributed by atoms with van der Waals surface area (Å²) in [6.07, 6.45) is 11.3. The predicted octanol–water partition coefficient (Wildman–Crippen LogP) is 3.32. The maximum absolute atomic E-state index is 12.5. The van der Waals surface area contributed by atoms with E-state index in [-0.39, 0.29) is 10.7 Å². The number of pyridine rings is 1. The minimum absolute atomic E-state index is 0.100. The number of hydrogen-bond acceptors (Lipinski definition) is 9. The van der Waals surface area contributed by atoms with E-state index in [0.29, 0.717) is 48.7 Å². The summed E-state index contributed by atoms with van der Waals surface area (Å²) in [6, 6.07) is 3.71. The van der Waals surface area contributed by atoms with Crippen molar-refractivity contribution in [2.75, 3.05) is 23.3 Å². The lowest BCUT2D eigenvalue weighted by Gasteiger charge is -2.37. The summed E-state index contributed by atoms with van der Waals surface area (Å²) in [7, 11) is -3.46. The van der Waals surface area contributed by atoms with Crippen LogP contribution in [-0.4, -0.2) is 61.6 Å². The maximum Gasteiger partial charge on any atom is 0.256 e. The van der Waals surface area contributed by atoms with Gasteiger partial charge in [-0.3, -0.25) is 0 Å². The fraction of sp³-hybridized carbons (Fsp3) is 0.481. The maximum atomic E-state index is 12.5. The van der Waals surface area contributed by atoms with Crippen molar-refractivity contribution in [1.82, 2.24) is 24.1 Å². The first-order valence-electron chi connectivity index (χ1n) is 13.0. The van der Waals surface area contributed by atoms with Gasteiger partial charge in [-0.15, -0.1) is 0 Å². The van der Waals surface area contributed by atoms with Crippen LogP contribution in [0.1, 0.15) is 57.9 Å². The Labute approximate surface area is 222 Å². The van der Waals surface area contributed by atoms with Crippen LogP contribution in [0.5, 0.6) is 0 Å². The van der Waals surface area contributed by atoms with Crippen molar-refractivity contribution < 1.29 is 13.5 Å². The second-order valence-corrected chi connectivity index (χ2v) is 13.2. The number of rotatable bonds is 6. The van der Waals surface area contributed by atoms with Crippen molar-refractivity contribution in [2.45, 2.75) is 63.2 Å². The second-order valence-electron chi connectivity index (χ2n) is 11.1. The molecule has 10 nitrogen and oxygen atoms in total. The van der Waals surface area contributed by atoms with E-state index in [2.05, 4.69) is 49.0 Å². The molecule has 2 N–H and O–H groups in total. The highest BCUT2D eigenvalue weighted by Crippen LogP contribution is 2.44. The molecule has 198 valence electrons. The number of anilines is 3. The number of hydrogen-bond donors (Lipinski definition) is 2. The van der Waals surface area contributed by atoms with E-state index in [1.54, 1.807) is 18.5 Å². The predicted molar refractivity (Wildman–Crippen MR) is 144 cm³/mol. The average Bonchev–Trinajstić information content (AvgIpc) is 3.82. The van der Waals surface area contributed by atoms with Crippen LogP contribution in [0.4, 0.5) is 17.3 Å². The summed E-state index contributed by atoms with van der Waals surface area (Å²) in [6.45, 7) is 5.52. The van der Waals surface area contributed by atoms with E-state index in [9.17, 15) is 13.5 Å². The van der Waals surface area contributed by atoms with E-state index in [1.807, 2.05) is 13.0 Å². The van der Waals surface area contributed by atoms with Gasteiger partial charge in [-0.05, 0) is 58.4 Å². The van der Waals surface area contributed by atoms with Crippen LogP contribution in [0, 0.1) is 17.3 Å². The van der Waals surface area contributed by atoms with Crippen LogP contribution in [0.3, 0.4) is 0 Å². The second kappa shape index (κ2) is 9.06. The Balaban J connectivity index is 1.26. The molecule has 4 heterocycles. The van der Waals surface area contributed by atoms with Gasteiger partial charge in [-0.2, -0.15) is 9.19 Å². The minimum Gasteiger partial charge on any atom is -0.390 e. The van der Waals surface area contributed by atoms with Crippen molar-refractivity contribution in [3.8, 4) is 23.2 Å². The van der Waals surface area contributed by atoms with Gasteiger partial charge >= 0.3 is 0 Å². The molecular weight excluding hydrogens is 502 g/mol. The zero-order valence-electron chi connectivity index (χ0n) is 21.6. The van der Waals surface area contributed by atoms with Crippen molar-refractivity contribution in [2.24, 2.45) is 5.41 Å². The Kier molecular flexibility index (Phi) is 5.92. The SMILES string of the molecule is CC1(O)CCN(c2cc(Nc3ccnc(-c4cnn(S(=O)(=O)C5CC5)c4)n3)ncc2C#CC2(C)CC2)CC1. The highest BCUT2D eigenvalue weighted by atomic mass is 32.2. The first-order valence-corrected chi connectivity index (χ1v) is 14.5. The normalized spacial score (nSPS) is 19.9. The lowest BCUT2D eigenvalue weighted by molar-refractivity contribution is 0.0351. The van der Waals surface area contributed by atoms with Gasteiger partial charge in [-0.1, -0.05) is 11.8 Å². The minimum atomic E-state index is -3.46. The van der Waals surface area contributed by atoms with Crippen LogP contribution in [-0.2, 0) is 10.0 Å². The molecule has 3 aliphatic rings. The Bertz CT molecular complexity index is 1540. The molecule has 0 amide bonds. The third kappa shape index (κ3) is 5.24. The Morgan fingerprint density at radius 3 is 2.55 bits per heavy atom. The molecule has 2 saturated carbocycles. The zero-order chi connectivity index (χ0) is 26.5. The monoisotopic (exact) mass is 533 g/mol. The van der Waals surface area contributed by atoms with Crippen molar-refractivity contribution >= 4 is 27.3 Å². The van der Waals surface area contributed by atoms with Gasteiger partial charge in [0.25, 0.3) is 10.0 Å². The molecule has 2 aliphatic carbocycles. The van der Waals surface area contributed by atoms with Gasteiger partial charge in [0.15, 0.2) is 5.82 Å². The van der Waals surface area contributed by atoms with E-state index >= 15 is 0 Å². The third-order valence-corrected chi connectivity index (χ3v) is 9.53. The zero-order valence-corrected chi connectivity index (χ0v) is 22.4. The Morgan fingerprint density at radius 2 is 1.84 bits per heavy atom. The summed E-state index contributed by atoms with van der Waals surface area (Å²) in [5.41, 5.74) is 1.82. The van der Waals surface area contributed by atoms with Crippen LogP contribution in [0.25, 0.3) is 11.4 Å². The molecule has 3 fully saturated rings. The highest BCUT2D eigenvalue weighted by Gasteiger charge is 2.38. The topological polar surface area (TPSA) is 126 Å². The summed E-state index contributed by atoms with van der Waals surface area (Å²) in [5, 5.41) is 17.4. The van der Waals surface area contributed by atoms with Crippen molar-refractivity contribution in [1.29, 1.82) is 0 Å². The summed E-state index contributed by atoms with van der Waals surface area (Å²) in [4.78, 5) is 15.7. The summed E-state index contributed by atoms with van der Waals surface area (Å²) < 4.78 is 26.0. The number of piperidine rings is 1. The van der Waals surface area contributed by atoms with Gasteiger partial charge in [0, 0.05) is 37.0 Å². The molecule has 1 aliphatic heterocycles. The van der Waals surface area contributed by atoms with Crippen LogP contribution >= 0.6 is 0 Å². The van der Waals surface area contributed by atoms with Gasteiger partial charge in [0.2, 0.25) is 0 Å². The standard InChI is InChI=1S/C27H31N7O3S/c1-26(8-9-26)7-5-19-16-29-24(15-22(19)33-13-10-27(2,35)11-14-33)31-23-6-12-28-25(32-23)20-17-30-34(18-20)38(36,37)21-3-4-21/h6,12,15-18,21,35H,3-4,8-11,13-14H2,1-2H3,(H,28,29,31,32). The molecule has 0 atom stereocenters. The first-order chi connectivity index (χ1) is 18.1. The van der Waals surface area contributed by atoms with Crippen LogP contribution < -0.4 is 10.2 Å². The van der Waals surface area contributed by atoms with Crippen LogP contribution in [0.2, 0.25) is 0 Å². The molecule has 0 aromatic carbocycles. The summed E-state index contributed by atoms with van der Waals surface area (Å²) >= 11 is 0.